The third kappa shape index (κ3) is 2.90. The zero-order valence-corrected chi connectivity index (χ0v) is 15.0. The number of aryl methyl sites for hydroxylation is 1. The summed E-state index contributed by atoms with van der Waals surface area (Å²) in [6, 6.07) is 6.43. The molecular formula is C17H20FN5OS. The van der Waals surface area contributed by atoms with Gasteiger partial charge in [-0.15, -0.1) is 5.10 Å². The van der Waals surface area contributed by atoms with Crippen molar-refractivity contribution in [1.29, 1.82) is 0 Å². The van der Waals surface area contributed by atoms with E-state index in [2.05, 4.69) is 26.9 Å². The van der Waals surface area contributed by atoms with Crippen LogP contribution in [0.15, 0.2) is 24.3 Å². The molecule has 0 spiro atoms. The Morgan fingerprint density at radius 3 is 2.60 bits per heavy atom. The summed E-state index contributed by atoms with van der Waals surface area (Å²) in [5, 5.41) is 15.0. The number of fused-ring (bicyclic) bond motifs is 1. The smallest absolute Gasteiger partial charge is 0.230 e. The van der Waals surface area contributed by atoms with Gasteiger partial charge >= 0.3 is 0 Å². The van der Waals surface area contributed by atoms with E-state index < -0.39 is 0 Å². The number of halogens is 1. The second kappa shape index (κ2) is 6.36. The number of benzene rings is 1. The van der Waals surface area contributed by atoms with Crippen molar-refractivity contribution < 1.29 is 9.50 Å². The highest BCUT2D eigenvalue weighted by atomic mass is 32.1. The van der Waals surface area contributed by atoms with Crippen LogP contribution in [-0.2, 0) is 0 Å². The fourth-order valence-electron chi connectivity index (χ4n) is 3.31. The molecule has 0 unspecified atom stereocenters. The van der Waals surface area contributed by atoms with Gasteiger partial charge in [-0.1, -0.05) is 29.5 Å². The maximum absolute atomic E-state index is 14.6. The molecular weight excluding hydrogens is 341 g/mol. The molecule has 132 valence electrons. The van der Waals surface area contributed by atoms with Crippen molar-refractivity contribution >= 4 is 16.3 Å². The first kappa shape index (κ1) is 16.4. The zero-order valence-electron chi connectivity index (χ0n) is 14.2. The summed E-state index contributed by atoms with van der Waals surface area (Å²) in [5.41, 5.74) is 0.573. The third-order valence-corrected chi connectivity index (χ3v) is 5.73. The quantitative estimate of drug-likeness (QED) is 0.776. The molecule has 0 aliphatic carbocycles. The first-order valence-corrected chi connectivity index (χ1v) is 9.08. The number of rotatable bonds is 3. The van der Waals surface area contributed by atoms with Gasteiger partial charge in [-0.25, -0.2) is 9.37 Å². The van der Waals surface area contributed by atoms with Crippen LogP contribution in [0.5, 0.6) is 5.88 Å². The second-order valence-electron chi connectivity index (χ2n) is 6.41. The Labute approximate surface area is 149 Å². The topological polar surface area (TPSA) is 56.9 Å². The van der Waals surface area contributed by atoms with Gasteiger partial charge in [0, 0.05) is 31.7 Å². The fourth-order valence-corrected chi connectivity index (χ4v) is 4.46. The van der Waals surface area contributed by atoms with Gasteiger partial charge in [-0.2, -0.15) is 4.52 Å². The van der Waals surface area contributed by atoms with E-state index >= 15 is 0 Å². The molecule has 0 amide bonds. The molecule has 6 nitrogen and oxygen atoms in total. The number of thiazole rings is 1. The summed E-state index contributed by atoms with van der Waals surface area (Å²) >= 11 is 1.37. The summed E-state index contributed by atoms with van der Waals surface area (Å²) < 4.78 is 16.0. The lowest BCUT2D eigenvalue weighted by atomic mass is 10.0. The maximum atomic E-state index is 14.6. The van der Waals surface area contributed by atoms with Crippen LogP contribution in [0.2, 0.25) is 0 Å². The summed E-state index contributed by atoms with van der Waals surface area (Å²) in [4.78, 5) is 10.1. The van der Waals surface area contributed by atoms with Crippen molar-refractivity contribution in [2.45, 2.75) is 13.0 Å². The number of piperazine rings is 1. The van der Waals surface area contributed by atoms with Crippen LogP contribution in [0.3, 0.4) is 0 Å². The molecule has 1 aliphatic heterocycles. The van der Waals surface area contributed by atoms with Gasteiger partial charge in [0.1, 0.15) is 11.6 Å². The summed E-state index contributed by atoms with van der Waals surface area (Å²) in [6.45, 7) is 5.22. The molecule has 3 aromatic rings. The number of aromatic hydroxyl groups is 1. The van der Waals surface area contributed by atoms with Crippen LogP contribution < -0.4 is 0 Å². The average Bonchev–Trinajstić information content (AvgIpc) is 3.09. The number of nitrogens with zero attached hydrogens (tertiary/aromatic N) is 5. The number of likely N-dealkylation sites (N-methyl/N-ethyl adjacent to an activating group) is 1. The van der Waals surface area contributed by atoms with Crippen LogP contribution in [0, 0.1) is 12.7 Å². The third-order valence-electron chi connectivity index (χ3n) is 4.66. The lowest BCUT2D eigenvalue weighted by Gasteiger charge is -2.37. The van der Waals surface area contributed by atoms with Gasteiger partial charge in [0.2, 0.25) is 10.8 Å². The largest absolute Gasteiger partial charge is 0.492 e. The first-order valence-electron chi connectivity index (χ1n) is 8.26. The van der Waals surface area contributed by atoms with Crippen molar-refractivity contribution in [3.05, 3.63) is 46.3 Å². The average molecular weight is 361 g/mol. The number of hydrogen-bond acceptors (Lipinski definition) is 6. The Morgan fingerprint density at radius 1 is 1.20 bits per heavy atom. The highest BCUT2D eigenvalue weighted by Gasteiger charge is 2.32. The van der Waals surface area contributed by atoms with E-state index in [1.807, 2.05) is 6.07 Å². The zero-order chi connectivity index (χ0) is 17.6. The van der Waals surface area contributed by atoms with E-state index in [1.165, 1.54) is 21.9 Å². The van der Waals surface area contributed by atoms with E-state index in [0.717, 1.165) is 26.2 Å². The number of aromatic nitrogens is 3. The Morgan fingerprint density at radius 2 is 1.92 bits per heavy atom. The van der Waals surface area contributed by atoms with Crippen LogP contribution in [-0.4, -0.2) is 62.7 Å². The van der Waals surface area contributed by atoms with Crippen LogP contribution in [0.1, 0.15) is 22.3 Å². The molecule has 25 heavy (non-hydrogen) atoms. The Balaban J connectivity index is 1.83. The molecule has 1 aliphatic rings. The van der Waals surface area contributed by atoms with Crippen molar-refractivity contribution in [3.8, 4) is 5.88 Å². The van der Waals surface area contributed by atoms with E-state index in [9.17, 15) is 9.50 Å². The van der Waals surface area contributed by atoms with Gasteiger partial charge in [0.15, 0.2) is 0 Å². The number of hydrogen-bond donors (Lipinski definition) is 1. The summed E-state index contributed by atoms with van der Waals surface area (Å²) in [5.74, 6) is 0.393. The van der Waals surface area contributed by atoms with Gasteiger partial charge in [0.25, 0.3) is 0 Å². The molecule has 1 atom stereocenters. The summed E-state index contributed by atoms with van der Waals surface area (Å²) in [7, 11) is 2.08. The minimum absolute atomic E-state index is 0.0489. The van der Waals surface area contributed by atoms with Crippen LogP contribution in [0.25, 0.3) is 4.96 Å². The minimum atomic E-state index is -0.344. The van der Waals surface area contributed by atoms with Crippen molar-refractivity contribution in [3.63, 3.8) is 0 Å². The normalized spacial score (nSPS) is 18.0. The highest BCUT2D eigenvalue weighted by molar-refractivity contribution is 7.17. The molecule has 1 saturated heterocycles. The van der Waals surface area contributed by atoms with Crippen molar-refractivity contribution in [2.24, 2.45) is 0 Å². The van der Waals surface area contributed by atoms with Crippen molar-refractivity contribution in [2.75, 3.05) is 33.2 Å². The second-order valence-corrected chi connectivity index (χ2v) is 7.42. The maximum Gasteiger partial charge on any atom is 0.230 e. The molecule has 0 saturated carbocycles. The fraction of sp³-hybridized carbons (Fsp3) is 0.412. The molecule has 4 rings (SSSR count). The van der Waals surface area contributed by atoms with Crippen molar-refractivity contribution in [1.82, 2.24) is 24.4 Å². The Kier molecular flexibility index (Phi) is 4.18. The molecule has 0 radical (unpaired) electrons. The summed E-state index contributed by atoms with van der Waals surface area (Å²) in [6.07, 6.45) is 0. The minimum Gasteiger partial charge on any atom is -0.492 e. The van der Waals surface area contributed by atoms with Gasteiger partial charge in [0.05, 0.1) is 10.9 Å². The molecule has 1 aromatic carbocycles. The van der Waals surface area contributed by atoms with Gasteiger partial charge in [-0.05, 0) is 20.0 Å². The van der Waals surface area contributed by atoms with E-state index in [4.69, 9.17) is 0 Å². The van der Waals surface area contributed by atoms with Crippen LogP contribution >= 0.6 is 11.3 Å². The molecule has 8 heteroatoms. The standard InChI is InChI=1S/C17H20FN5OS/c1-11-19-17-23(20-11)16(24)15(25-17)14(12-5-3-4-6-13(12)18)22-9-7-21(2)8-10-22/h3-6,14,24H,7-10H2,1-2H3/t14-/m0/s1. The molecule has 2 aromatic heterocycles. The first-order chi connectivity index (χ1) is 12.0. The van der Waals surface area contributed by atoms with Crippen LogP contribution in [0.4, 0.5) is 4.39 Å². The van der Waals surface area contributed by atoms with Gasteiger partial charge < -0.3 is 10.0 Å². The lowest BCUT2D eigenvalue weighted by molar-refractivity contribution is 0.125. The van der Waals surface area contributed by atoms with Gasteiger partial charge in [-0.3, -0.25) is 4.90 Å². The molecule has 1 fully saturated rings. The van der Waals surface area contributed by atoms with E-state index in [0.29, 0.717) is 21.2 Å². The Bertz CT molecular complexity index is 900. The monoisotopic (exact) mass is 361 g/mol. The lowest BCUT2D eigenvalue weighted by Crippen LogP contribution is -2.46. The SMILES string of the molecule is Cc1nc2sc([C@H](c3ccccc3F)N3CCN(C)CC3)c(O)n2n1. The Hall–Kier alpha value is -2.03. The predicted octanol–water partition coefficient (Wildman–Crippen LogP) is 2.28. The molecule has 3 heterocycles. The van der Waals surface area contributed by atoms with E-state index in [1.54, 1.807) is 19.1 Å². The molecule has 1 N–H and O–H groups in total. The highest BCUT2D eigenvalue weighted by Crippen LogP contribution is 2.40. The van der Waals surface area contributed by atoms with E-state index in [-0.39, 0.29) is 17.7 Å². The molecule has 0 bridgehead atoms. The predicted molar refractivity (Wildman–Crippen MR) is 94.6 cm³/mol.